The van der Waals surface area contributed by atoms with E-state index in [2.05, 4.69) is 25.7 Å². The largest absolute Gasteiger partial charge is 0.573 e. The van der Waals surface area contributed by atoms with Crippen molar-refractivity contribution in [3.8, 4) is 5.75 Å². The molecule has 0 atom stereocenters. The fourth-order valence-corrected chi connectivity index (χ4v) is 3.21. The summed E-state index contributed by atoms with van der Waals surface area (Å²) in [4.78, 5) is 32.2. The van der Waals surface area contributed by atoms with Crippen molar-refractivity contribution in [2.75, 3.05) is 4.90 Å². The Kier molecular flexibility index (Phi) is 5.09. The highest BCUT2D eigenvalue weighted by molar-refractivity contribution is 9.10. The average Bonchev–Trinajstić information content (AvgIpc) is 2.76. The first-order valence-electron chi connectivity index (χ1n) is 8.12. The number of carbonyl (C=O) groups is 2. The highest BCUT2D eigenvalue weighted by atomic mass is 79.9. The van der Waals surface area contributed by atoms with Crippen LogP contribution in [0.25, 0.3) is 0 Å². The Hall–Kier alpha value is -2.62. The molecule has 1 aliphatic rings. The van der Waals surface area contributed by atoms with Crippen LogP contribution in [-0.4, -0.2) is 33.7 Å². The molecule has 0 bridgehead atoms. The maximum atomic E-state index is 12.9. The van der Waals surface area contributed by atoms with Gasteiger partial charge in [0.05, 0.1) is 12.2 Å². The van der Waals surface area contributed by atoms with Crippen LogP contribution in [0.1, 0.15) is 19.4 Å². The molecule has 3 rings (SSSR count). The third kappa shape index (κ3) is 3.82. The molecule has 0 saturated carbocycles. The number of anilines is 1. The Bertz CT molecular complexity index is 916. The van der Waals surface area contributed by atoms with Gasteiger partial charge in [-0.15, -0.1) is 13.2 Å². The van der Waals surface area contributed by atoms with Crippen LogP contribution in [-0.2, 0) is 11.3 Å². The molecule has 1 fully saturated rings. The second-order valence-electron chi connectivity index (χ2n) is 6.56. The lowest BCUT2D eigenvalue weighted by Crippen LogP contribution is -2.43. The lowest BCUT2D eigenvalue weighted by Gasteiger charge is -2.27. The summed E-state index contributed by atoms with van der Waals surface area (Å²) in [5, 5.41) is 0. The molecule has 2 aromatic rings. The number of hydrogen-bond donors (Lipinski definition) is 0. The predicted octanol–water partition coefficient (Wildman–Crippen LogP) is 4.49. The second-order valence-corrected chi connectivity index (χ2v) is 7.31. The minimum Gasteiger partial charge on any atom is -0.406 e. The first kappa shape index (κ1) is 20.1. The van der Waals surface area contributed by atoms with Crippen LogP contribution in [0.15, 0.2) is 47.2 Å². The number of nitrogens with zero attached hydrogens (tertiary/aromatic N) is 3. The van der Waals surface area contributed by atoms with Gasteiger partial charge in [0, 0.05) is 11.8 Å². The maximum absolute atomic E-state index is 12.9. The number of aromatic nitrogens is 1. The average molecular weight is 458 g/mol. The Balaban J connectivity index is 1.88. The molecule has 2 heterocycles. The smallest absolute Gasteiger partial charge is 0.406 e. The summed E-state index contributed by atoms with van der Waals surface area (Å²) in [6, 6.07) is 7.49. The van der Waals surface area contributed by atoms with Crippen molar-refractivity contribution in [3.63, 3.8) is 0 Å². The monoisotopic (exact) mass is 457 g/mol. The van der Waals surface area contributed by atoms with Crippen molar-refractivity contribution in [3.05, 3.63) is 52.8 Å². The summed E-state index contributed by atoms with van der Waals surface area (Å²) < 4.78 is 41.3. The Morgan fingerprint density at radius 3 is 2.36 bits per heavy atom. The number of benzene rings is 1. The van der Waals surface area contributed by atoms with Crippen molar-refractivity contribution < 1.29 is 27.5 Å². The number of pyridine rings is 1. The van der Waals surface area contributed by atoms with Crippen molar-refractivity contribution >= 4 is 33.6 Å². The molecule has 1 aromatic carbocycles. The maximum Gasteiger partial charge on any atom is 0.573 e. The van der Waals surface area contributed by atoms with E-state index in [-0.39, 0.29) is 12.2 Å². The zero-order valence-electron chi connectivity index (χ0n) is 14.8. The van der Waals surface area contributed by atoms with Gasteiger partial charge in [-0.05, 0) is 60.1 Å². The van der Waals surface area contributed by atoms with Gasteiger partial charge in [-0.2, -0.15) is 0 Å². The van der Waals surface area contributed by atoms with E-state index in [9.17, 15) is 22.8 Å². The Morgan fingerprint density at radius 1 is 1.14 bits per heavy atom. The summed E-state index contributed by atoms with van der Waals surface area (Å²) in [5.41, 5.74) is -0.272. The lowest BCUT2D eigenvalue weighted by molar-refractivity contribution is -0.274. The molecule has 0 spiro atoms. The SMILES string of the molecule is CC1(C)C(=O)N(c2ccc(OC(F)(F)F)cc2)C(=O)N1Cc1cccnc1Br. The number of rotatable bonds is 4. The minimum absolute atomic E-state index is 0.137. The summed E-state index contributed by atoms with van der Waals surface area (Å²) >= 11 is 3.31. The number of imide groups is 1. The molecular weight excluding hydrogens is 443 g/mol. The van der Waals surface area contributed by atoms with E-state index in [0.29, 0.717) is 10.2 Å². The van der Waals surface area contributed by atoms with E-state index in [0.717, 1.165) is 17.0 Å². The Labute approximate surface area is 167 Å². The number of hydrogen-bond acceptors (Lipinski definition) is 4. The van der Waals surface area contributed by atoms with Gasteiger partial charge in [0.15, 0.2) is 0 Å². The van der Waals surface area contributed by atoms with Gasteiger partial charge < -0.3 is 9.64 Å². The standard InChI is InChI=1S/C18H15BrF3N3O3/c1-17(2)15(26)25(12-5-7-13(8-6-12)28-18(20,21)22)16(27)24(17)10-11-4-3-9-23-14(11)19/h3-9H,10H2,1-2H3. The molecule has 0 unspecified atom stereocenters. The third-order valence-corrected chi connectivity index (χ3v) is 5.03. The van der Waals surface area contributed by atoms with Crippen molar-refractivity contribution in [2.45, 2.75) is 32.3 Å². The van der Waals surface area contributed by atoms with E-state index in [4.69, 9.17) is 0 Å². The van der Waals surface area contributed by atoms with Gasteiger partial charge in [-0.1, -0.05) is 6.07 Å². The third-order valence-electron chi connectivity index (χ3n) is 4.32. The van der Waals surface area contributed by atoms with Gasteiger partial charge in [0.25, 0.3) is 5.91 Å². The molecular formula is C18H15BrF3N3O3. The summed E-state index contributed by atoms with van der Waals surface area (Å²) in [7, 11) is 0. The molecule has 0 N–H and O–H groups in total. The van der Waals surface area contributed by atoms with Gasteiger partial charge in [-0.3, -0.25) is 4.79 Å². The number of amides is 3. The van der Waals surface area contributed by atoms with Crippen LogP contribution in [0.3, 0.4) is 0 Å². The number of alkyl halides is 3. The summed E-state index contributed by atoms with van der Waals surface area (Å²) in [6.45, 7) is 3.36. The van der Waals surface area contributed by atoms with Crippen molar-refractivity contribution in [1.82, 2.24) is 9.88 Å². The number of halogens is 4. The molecule has 3 amide bonds. The molecule has 28 heavy (non-hydrogen) atoms. The molecule has 0 aliphatic carbocycles. The van der Waals surface area contributed by atoms with E-state index in [1.165, 1.54) is 17.0 Å². The van der Waals surface area contributed by atoms with Crippen LogP contribution >= 0.6 is 15.9 Å². The number of ether oxygens (including phenoxy) is 1. The van der Waals surface area contributed by atoms with Gasteiger partial charge in [-0.25, -0.2) is 14.7 Å². The zero-order chi connectivity index (χ0) is 20.7. The molecule has 1 saturated heterocycles. The lowest BCUT2D eigenvalue weighted by atomic mass is 10.0. The minimum atomic E-state index is -4.82. The van der Waals surface area contributed by atoms with Gasteiger partial charge in [0.2, 0.25) is 0 Å². The van der Waals surface area contributed by atoms with Crippen LogP contribution in [0.5, 0.6) is 5.75 Å². The molecule has 0 radical (unpaired) electrons. The van der Waals surface area contributed by atoms with E-state index in [1.807, 2.05) is 0 Å². The summed E-state index contributed by atoms with van der Waals surface area (Å²) in [6.07, 6.45) is -3.23. The highest BCUT2D eigenvalue weighted by Crippen LogP contribution is 2.35. The van der Waals surface area contributed by atoms with Crippen LogP contribution in [0, 0.1) is 0 Å². The second kappa shape index (κ2) is 7.08. The fraction of sp³-hybridized carbons (Fsp3) is 0.278. The first-order valence-corrected chi connectivity index (χ1v) is 8.91. The molecule has 1 aromatic heterocycles. The fourth-order valence-electron chi connectivity index (χ4n) is 2.83. The quantitative estimate of drug-likeness (QED) is 0.501. The van der Waals surface area contributed by atoms with Crippen molar-refractivity contribution in [2.24, 2.45) is 0 Å². The molecule has 6 nitrogen and oxygen atoms in total. The Morgan fingerprint density at radius 2 is 1.79 bits per heavy atom. The highest BCUT2D eigenvalue weighted by Gasteiger charge is 2.51. The topological polar surface area (TPSA) is 62.7 Å². The zero-order valence-corrected chi connectivity index (χ0v) is 16.4. The van der Waals surface area contributed by atoms with E-state index < -0.39 is 29.6 Å². The van der Waals surface area contributed by atoms with Crippen molar-refractivity contribution in [1.29, 1.82) is 0 Å². The van der Waals surface area contributed by atoms with Crippen LogP contribution in [0.4, 0.5) is 23.7 Å². The van der Waals surface area contributed by atoms with Gasteiger partial charge in [0.1, 0.15) is 15.9 Å². The molecule has 1 aliphatic heterocycles. The van der Waals surface area contributed by atoms with Gasteiger partial charge >= 0.3 is 12.4 Å². The normalized spacial score (nSPS) is 16.6. The van der Waals surface area contributed by atoms with Crippen LogP contribution in [0.2, 0.25) is 0 Å². The summed E-state index contributed by atoms with van der Waals surface area (Å²) in [5.74, 6) is -0.923. The van der Waals surface area contributed by atoms with Crippen LogP contribution < -0.4 is 9.64 Å². The van der Waals surface area contributed by atoms with E-state index >= 15 is 0 Å². The molecule has 10 heteroatoms. The number of carbonyl (C=O) groups excluding carboxylic acids is 2. The number of urea groups is 1. The predicted molar refractivity (Wildman–Crippen MR) is 97.6 cm³/mol. The van der Waals surface area contributed by atoms with E-state index in [1.54, 1.807) is 32.2 Å². The first-order chi connectivity index (χ1) is 13.0. The molecule has 148 valence electrons.